The molecule has 0 spiro atoms. The standard InChI is InChI=1S/C40H38Cl2N4O4/c1-21-18-26(19-22(2)36(21)42)50-17-9-12-29-30-13-15-32(41)35(34-24(4)43-44(6)25(34)5)37(30)46-23(3)20-45(39(47)38(29)46)33-16-14-31(40(48)49)27-10-7-8-11-28(27)33/h7-8,10-11,13-16,18-19,23H,9,12,17,20H2,1-6H3,(H,48,49). The molecule has 0 saturated carbocycles. The van der Waals surface area contributed by atoms with Gasteiger partial charge in [-0.2, -0.15) is 5.10 Å². The van der Waals surface area contributed by atoms with Crippen molar-refractivity contribution in [1.82, 2.24) is 14.3 Å². The minimum Gasteiger partial charge on any atom is -0.494 e. The molecule has 50 heavy (non-hydrogen) atoms. The van der Waals surface area contributed by atoms with Gasteiger partial charge in [0.15, 0.2) is 0 Å². The summed E-state index contributed by atoms with van der Waals surface area (Å²) >= 11 is 13.5. The van der Waals surface area contributed by atoms with Crippen molar-refractivity contribution in [3.05, 3.63) is 110 Å². The zero-order chi connectivity index (χ0) is 35.6. The monoisotopic (exact) mass is 708 g/mol. The van der Waals surface area contributed by atoms with Crippen LogP contribution in [0.3, 0.4) is 0 Å². The first-order valence-electron chi connectivity index (χ1n) is 16.7. The molecule has 1 aliphatic heterocycles. The van der Waals surface area contributed by atoms with Crippen LogP contribution in [0, 0.1) is 27.7 Å². The van der Waals surface area contributed by atoms with Gasteiger partial charge in [-0.1, -0.05) is 53.5 Å². The second-order valence-corrected chi connectivity index (χ2v) is 14.0. The fourth-order valence-electron chi connectivity index (χ4n) is 7.64. The predicted octanol–water partition coefficient (Wildman–Crippen LogP) is 9.67. The number of hydrogen-bond donors (Lipinski definition) is 1. The lowest BCUT2D eigenvalue weighted by molar-refractivity contribution is 0.0699. The number of aryl methyl sites for hydroxylation is 5. The smallest absolute Gasteiger partial charge is 0.336 e. The number of anilines is 1. The van der Waals surface area contributed by atoms with Crippen molar-refractivity contribution < 1.29 is 19.4 Å². The van der Waals surface area contributed by atoms with Crippen LogP contribution in [0.4, 0.5) is 5.69 Å². The molecule has 256 valence electrons. The van der Waals surface area contributed by atoms with Crippen LogP contribution in [0.15, 0.2) is 60.7 Å². The number of carboxylic acid groups (broad SMARTS) is 1. The summed E-state index contributed by atoms with van der Waals surface area (Å²) in [6.07, 6.45) is 1.25. The van der Waals surface area contributed by atoms with Crippen LogP contribution in [-0.2, 0) is 13.5 Å². The number of carboxylic acids is 1. The zero-order valence-corrected chi connectivity index (χ0v) is 30.4. The van der Waals surface area contributed by atoms with Crippen molar-refractivity contribution in [2.45, 2.75) is 53.5 Å². The van der Waals surface area contributed by atoms with Gasteiger partial charge in [-0.15, -0.1) is 0 Å². The molecule has 1 N–H and O–H groups in total. The number of aromatic carboxylic acids is 1. The summed E-state index contributed by atoms with van der Waals surface area (Å²) in [5.41, 5.74) is 8.92. The van der Waals surface area contributed by atoms with E-state index >= 15 is 0 Å². The number of ether oxygens (including phenoxy) is 1. The van der Waals surface area contributed by atoms with Gasteiger partial charge in [0.2, 0.25) is 0 Å². The molecular formula is C40H38Cl2N4O4. The van der Waals surface area contributed by atoms with E-state index in [0.717, 1.165) is 60.9 Å². The second kappa shape index (κ2) is 12.8. The van der Waals surface area contributed by atoms with Crippen molar-refractivity contribution >= 4 is 62.4 Å². The van der Waals surface area contributed by atoms with Crippen LogP contribution >= 0.6 is 23.2 Å². The van der Waals surface area contributed by atoms with E-state index in [-0.39, 0.29) is 17.5 Å². The molecule has 1 amide bonds. The lowest BCUT2D eigenvalue weighted by Crippen LogP contribution is -2.42. The van der Waals surface area contributed by atoms with Crippen LogP contribution in [0.5, 0.6) is 5.75 Å². The van der Waals surface area contributed by atoms with Crippen molar-refractivity contribution in [3.8, 4) is 16.9 Å². The average Bonchev–Trinajstić information content (AvgIpc) is 3.55. The topological polar surface area (TPSA) is 89.6 Å². The first kappa shape index (κ1) is 33.7. The van der Waals surface area contributed by atoms with Crippen LogP contribution in [0.2, 0.25) is 10.0 Å². The van der Waals surface area contributed by atoms with Gasteiger partial charge in [-0.05, 0) is 99.9 Å². The Hall–Kier alpha value is -4.79. The van der Waals surface area contributed by atoms with Crippen LogP contribution in [0.1, 0.15) is 68.3 Å². The minimum absolute atomic E-state index is 0.136. The molecule has 2 aromatic heterocycles. The lowest BCUT2D eigenvalue weighted by atomic mass is 9.98. The van der Waals surface area contributed by atoms with E-state index in [2.05, 4.69) is 11.5 Å². The van der Waals surface area contributed by atoms with Crippen molar-refractivity contribution in [2.75, 3.05) is 18.1 Å². The SMILES string of the molecule is Cc1cc(OCCCc2c3n(c4c(-c5c(C)nn(C)c5C)c(Cl)ccc24)C(C)CN(c2ccc(C(=O)O)c4ccccc24)C3=O)cc(C)c1Cl. The van der Waals surface area contributed by atoms with Gasteiger partial charge >= 0.3 is 5.97 Å². The lowest BCUT2D eigenvalue weighted by Gasteiger charge is -2.35. The third kappa shape index (κ3) is 5.42. The third-order valence-corrected chi connectivity index (χ3v) is 10.9. The number of rotatable bonds is 8. The fraction of sp³-hybridized carbons (Fsp3) is 0.275. The molecule has 1 unspecified atom stereocenters. The Morgan fingerprint density at radius 3 is 2.32 bits per heavy atom. The normalized spacial score (nSPS) is 14.5. The second-order valence-electron chi connectivity index (χ2n) is 13.3. The van der Waals surface area contributed by atoms with Crippen molar-refractivity contribution in [2.24, 2.45) is 7.05 Å². The maximum atomic E-state index is 14.9. The van der Waals surface area contributed by atoms with Gasteiger partial charge in [0.25, 0.3) is 5.91 Å². The molecule has 7 rings (SSSR count). The highest BCUT2D eigenvalue weighted by molar-refractivity contribution is 6.35. The predicted molar refractivity (Wildman–Crippen MR) is 201 cm³/mol. The first-order chi connectivity index (χ1) is 23.9. The average molecular weight is 710 g/mol. The quantitative estimate of drug-likeness (QED) is 0.159. The summed E-state index contributed by atoms with van der Waals surface area (Å²) in [7, 11) is 1.92. The molecule has 0 saturated heterocycles. The summed E-state index contributed by atoms with van der Waals surface area (Å²) in [5.74, 6) is -0.392. The molecule has 4 aromatic carbocycles. The van der Waals surface area contributed by atoms with E-state index in [0.29, 0.717) is 53.2 Å². The molecule has 0 bridgehead atoms. The van der Waals surface area contributed by atoms with E-state index in [9.17, 15) is 14.7 Å². The summed E-state index contributed by atoms with van der Waals surface area (Å²) < 4.78 is 10.2. The minimum atomic E-state index is -1.01. The number of carbonyl (C=O) groups is 2. The molecule has 1 atom stereocenters. The molecular weight excluding hydrogens is 671 g/mol. The number of aromatic nitrogens is 3. The largest absolute Gasteiger partial charge is 0.494 e. The number of amides is 1. The number of fused-ring (bicyclic) bond motifs is 4. The van der Waals surface area contributed by atoms with Crippen LogP contribution < -0.4 is 9.64 Å². The first-order valence-corrected chi connectivity index (χ1v) is 17.5. The summed E-state index contributed by atoms with van der Waals surface area (Å²) in [5, 5.41) is 18.2. The van der Waals surface area contributed by atoms with E-state index in [1.165, 1.54) is 0 Å². The Kier molecular flexibility index (Phi) is 8.65. The van der Waals surface area contributed by atoms with Crippen LogP contribution in [-0.4, -0.2) is 44.5 Å². The summed E-state index contributed by atoms with van der Waals surface area (Å²) in [6, 6.07) is 18.4. The Morgan fingerprint density at radius 2 is 1.66 bits per heavy atom. The molecule has 10 heteroatoms. The van der Waals surface area contributed by atoms with E-state index in [4.69, 9.17) is 33.0 Å². The van der Waals surface area contributed by atoms with E-state index < -0.39 is 5.97 Å². The Labute approximate surface area is 300 Å². The molecule has 0 fully saturated rings. The molecule has 8 nitrogen and oxygen atoms in total. The summed E-state index contributed by atoms with van der Waals surface area (Å²) in [6.45, 7) is 10.9. The number of hydrogen-bond acceptors (Lipinski definition) is 4. The van der Waals surface area contributed by atoms with Gasteiger partial charge in [-0.3, -0.25) is 9.48 Å². The van der Waals surface area contributed by atoms with Crippen molar-refractivity contribution in [3.63, 3.8) is 0 Å². The third-order valence-electron chi connectivity index (χ3n) is 9.99. The van der Waals surface area contributed by atoms with Crippen molar-refractivity contribution in [1.29, 1.82) is 0 Å². The Morgan fingerprint density at radius 1 is 0.960 bits per heavy atom. The fourth-order valence-corrected chi connectivity index (χ4v) is 8.00. The number of carbonyl (C=O) groups excluding carboxylic acids is 1. The molecule has 6 aromatic rings. The molecule has 3 heterocycles. The van der Waals surface area contributed by atoms with Gasteiger partial charge in [0.05, 0.1) is 34.1 Å². The molecule has 1 aliphatic rings. The van der Waals surface area contributed by atoms with E-state index in [1.54, 1.807) is 23.1 Å². The van der Waals surface area contributed by atoms with Crippen LogP contribution in [0.25, 0.3) is 32.8 Å². The highest BCUT2D eigenvalue weighted by atomic mass is 35.5. The zero-order valence-electron chi connectivity index (χ0n) is 28.9. The van der Waals surface area contributed by atoms with E-state index in [1.807, 2.05) is 81.9 Å². The molecule has 0 radical (unpaired) electrons. The van der Waals surface area contributed by atoms with Gasteiger partial charge in [0, 0.05) is 52.3 Å². The van der Waals surface area contributed by atoms with Gasteiger partial charge in [-0.25, -0.2) is 4.79 Å². The number of benzene rings is 4. The van der Waals surface area contributed by atoms with Gasteiger partial charge in [0.1, 0.15) is 11.4 Å². The number of nitrogens with zero attached hydrogens (tertiary/aromatic N) is 4. The molecule has 0 aliphatic carbocycles. The Balaban J connectivity index is 1.38. The highest BCUT2D eigenvalue weighted by Gasteiger charge is 2.37. The maximum absolute atomic E-state index is 14.9. The number of halogens is 2. The Bertz CT molecular complexity index is 2350. The maximum Gasteiger partial charge on any atom is 0.336 e. The summed E-state index contributed by atoms with van der Waals surface area (Å²) in [4.78, 5) is 28.8. The van der Waals surface area contributed by atoms with Gasteiger partial charge < -0.3 is 19.3 Å². The highest BCUT2D eigenvalue weighted by Crippen LogP contribution is 2.45.